The molecule has 23 heavy (non-hydrogen) atoms. The second-order valence-electron chi connectivity index (χ2n) is 6.77. The van der Waals surface area contributed by atoms with Gasteiger partial charge in [-0.15, -0.1) is 12.4 Å². The predicted octanol–water partition coefficient (Wildman–Crippen LogP) is 1.22. The molecule has 3 atom stereocenters. The number of carboxylic acids is 1. The number of amides is 3. The molecule has 0 aromatic heterocycles. The van der Waals surface area contributed by atoms with E-state index in [4.69, 9.17) is 0 Å². The van der Waals surface area contributed by atoms with E-state index in [1.165, 1.54) is 0 Å². The van der Waals surface area contributed by atoms with E-state index in [0.29, 0.717) is 19.5 Å². The lowest BCUT2D eigenvalue weighted by molar-refractivity contribution is -0.149. The minimum absolute atomic E-state index is 0. The van der Waals surface area contributed by atoms with Gasteiger partial charge in [0, 0.05) is 19.1 Å². The van der Waals surface area contributed by atoms with E-state index < -0.39 is 29.4 Å². The Hall–Kier alpha value is -1.34. The smallest absolute Gasteiger partial charge is 0.321 e. The van der Waals surface area contributed by atoms with Crippen molar-refractivity contribution in [3.05, 3.63) is 0 Å². The average molecular weight is 348 g/mol. The van der Waals surface area contributed by atoms with E-state index in [1.807, 2.05) is 18.7 Å². The summed E-state index contributed by atoms with van der Waals surface area (Å²) in [5.74, 6) is -1.05. The van der Waals surface area contributed by atoms with Crippen LogP contribution in [-0.2, 0) is 9.59 Å². The van der Waals surface area contributed by atoms with Crippen LogP contribution in [0, 0.1) is 11.3 Å². The molecule has 1 unspecified atom stereocenters. The normalized spacial score (nSPS) is 27.9. The van der Waals surface area contributed by atoms with Crippen LogP contribution in [0.1, 0.15) is 40.0 Å². The van der Waals surface area contributed by atoms with Gasteiger partial charge in [0.2, 0.25) is 5.91 Å². The summed E-state index contributed by atoms with van der Waals surface area (Å²) < 4.78 is 0. The third kappa shape index (κ3) is 3.95. The summed E-state index contributed by atoms with van der Waals surface area (Å²) in [6.45, 7) is 6.33. The van der Waals surface area contributed by atoms with E-state index in [2.05, 4.69) is 10.6 Å². The monoisotopic (exact) mass is 347 g/mol. The van der Waals surface area contributed by atoms with Crippen molar-refractivity contribution < 1.29 is 19.5 Å². The van der Waals surface area contributed by atoms with Crippen molar-refractivity contribution >= 4 is 30.3 Å². The van der Waals surface area contributed by atoms with Crippen LogP contribution in [0.5, 0.6) is 0 Å². The molecule has 132 valence electrons. The highest BCUT2D eigenvalue weighted by atomic mass is 35.5. The molecule has 0 aromatic carbocycles. The van der Waals surface area contributed by atoms with Gasteiger partial charge in [0.1, 0.15) is 0 Å². The number of aliphatic carboxylic acids is 1. The van der Waals surface area contributed by atoms with Crippen molar-refractivity contribution in [2.24, 2.45) is 11.3 Å². The van der Waals surface area contributed by atoms with Crippen molar-refractivity contribution in [1.29, 1.82) is 0 Å². The SMILES string of the molecule is CC(C)NC(=O)NC(=O)C(C)N1C[C@@H]2CCC[C@@]2(C(=O)O)C1.Cl. The molecular formula is C15H26ClN3O4. The molecule has 0 bridgehead atoms. The molecule has 7 nitrogen and oxygen atoms in total. The van der Waals surface area contributed by atoms with Crippen LogP contribution in [0.15, 0.2) is 0 Å². The zero-order chi connectivity index (χ0) is 16.5. The van der Waals surface area contributed by atoms with Gasteiger partial charge in [-0.3, -0.25) is 19.8 Å². The fourth-order valence-corrected chi connectivity index (χ4v) is 3.65. The third-order valence-electron chi connectivity index (χ3n) is 4.91. The Morgan fingerprint density at radius 2 is 1.91 bits per heavy atom. The number of hydrogen-bond donors (Lipinski definition) is 3. The third-order valence-corrected chi connectivity index (χ3v) is 4.91. The highest BCUT2D eigenvalue weighted by Gasteiger charge is 2.55. The van der Waals surface area contributed by atoms with Crippen molar-refractivity contribution in [2.75, 3.05) is 13.1 Å². The summed E-state index contributed by atoms with van der Waals surface area (Å²) in [6.07, 6.45) is 2.50. The van der Waals surface area contributed by atoms with Gasteiger partial charge in [-0.1, -0.05) is 6.42 Å². The topological polar surface area (TPSA) is 98.7 Å². The number of halogens is 1. The summed E-state index contributed by atoms with van der Waals surface area (Å²) in [6, 6.07) is -1.08. The largest absolute Gasteiger partial charge is 0.481 e. The molecule has 8 heteroatoms. The first-order chi connectivity index (χ1) is 10.3. The molecule has 0 spiro atoms. The Labute approximate surface area is 142 Å². The minimum atomic E-state index is -0.761. The number of likely N-dealkylation sites (tertiary alicyclic amines) is 1. The lowest BCUT2D eigenvalue weighted by atomic mass is 9.81. The highest BCUT2D eigenvalue weighted by molar-refractivity contribution is 5.97. The molecule has 1 saturated carbocycles. The lowest BCUT2D eigenvalue weighted by Crippen LogP contribution is -2.50. The number of urea groups is 1. The van der Waals surface area contributed by atoms with E-state index >= 15 is 0 Å². The number of fused-ring (bicyclic) bond motifs is 1. The molecule has 2 rings (SSSR count). The van der Waals surface area contributed by atoms with Crippen molar-refractivity contribution in [2.45, 2.75) is 52.1 Å². The molecule has 1 saturated heterocycles. The van der Waals surface area contributed by atoms with Gasteiger partial charge in [0.05, 0.1) is 11.5 Å². The molecule has 3 amide bonds. The van der Waals surface area contributed by atoms with Crippen LogP contribution in [-0.4, -0.2) is 53.1 Å². The van der Waals surface area contributed by atoms with Gasteiger partial charge in [-0.2, -0.15) is 0 Å². The first-order valence-electron chi connectivity index (χ1n) is 7.85. The van der Waals surface area contributed by atoms with E-state index in [1.54, 1.807) is 6.92 Å². The van der Waals surface area contributed by atoms with Crippen molar-refractivity contribution in [3.8, 4) is 0 Å². The zero-order valence-electron chi connectivity index (χ0n) is 13.8. The first-order valence-corrected chi connectivity index (χ1v) is 7.85. The molecule has 0 aromatic rings. The van der Waals surface area contributed by atoms with Crippen LogP contribution >= 0.6 is 12.4 Å². The number of nitrogens with zero attached hydrogens (tertiary/aromatic N) is 1. The Kier molecular flexibility index (Phi) is 6.41. The van der Waals surface area contributed by atoms with Gasteiger partial charge in [0.25, 0.3) is 0 Å². The molecule has 1 aliphatic heterocycles. The van der Waals surface area contributed by atoms with E-state index in [-0.39, 0.29) is 24.4 Å². The summed E-state index contributed by atoms with van der Waals surface area (Å²) in [4.78, 5) is 37.3. The maximum absolute atomic E-state index is 12.2. The molecule has 3 N–H and O–H groups in total. The van der Waals surface area contributed by atoms with Gasteiger partial charge < -0.3 is 10.4 Å². The maximum atomic E-state index is 12.2. The van der Waals surface area contributed by atoms with E-state index in [9.17, 15) is 19.5 Å². The lowest BCUT2D eigenvalue weighted by Gasteiger charge is -2.26. The summed E-state index contributed by atoms with van der Waals surface area (Å²) in [7, 11) is 0. The van der Waals surface area contributed by atoms with Gasteiger partial charge in [0.15, 0.2) is 0 Å². The molecule has 0 radical (unpaired) electrons. The number of imide groups is 1. The Morgan fingerprint density at radius 3 is 2.43 bits per heavy atom. The second kappa shape index (κ2) is 7.49. The van der Waals surface area contributed by atoms with Crippen molar-refractivity contribution in [1.82, 2.24) is 15.5 Å². The summed E-state index contributed by atoms with van der Waals surface area (Å²) in [5.41, 5.74) is -0.714. The van der Waals surface area contributed by atoms with Gasteiger partial charge in [-0.05, 0) is 39.5 Å². The molecule has 1 aliphatic carbocycles. The second-order valence-corrected chi connectivity index (χ2v) is 6.77. The maximum Gasteiger partial charge on any atom is 0.321 e. The zero-order valence-corrected chi connectivity index (χ0v) is 14.6. The first kappa shape index (κ1) is 19.7. The Balaban J connectivity index is 0.00000264. The number of carboxylic acid groups (broad SMARTS) is 1. The number of rotatable bonds is 4. The average Bonchev–Trinajstić information content (AvgIpc) is 2.93. The van der Waals surface area contributed by atoms with Gasteiger partial charge >= 0.3 is 12.0 Å². The summed E-state index contributed by atoms with van der Waals surface area (Å²) >= 11 is 0. The molecule has 1 heterocycles. The van der Waals surface area contributed by atoms with Crippen LogP contribution < -0.4 is 10.6 Å². The fraction of sp³-hybridized carbons (Fsp3) is 0.800. The van der Waals surface area contributed by atoms with Gasteiger partial charge in [-0.25, -0.2) is 4.79 Å². The number of nitrogens with one attached hydrogen (secondary N) is 2. The van der Waals surface area contributed by atoms with E-state index in [0.717, 1.165) is 12.8 Å². The molecule has 2 aliphatic rings. The molecular weight excluding hydrogens is 322 g/mol. The minimum Gasteiger partial charge on any atom is -0.481 e. The van der Waals surface area contributed by atoms with Crippen LogP contribution in [0.2, 0.25) is 0 Å². The Morgan fingerprint density at radius 1 is 1.26 bits per heavy atom. The number of carbonyl (C=O) groups is 3. The quantitative estimate of drug-likeness (QED) is 0.710. The standard InChI is InChI=1S/C15H25N3O4.ClH/c1-9(2)16-14(22)17-12(19)10(3)18-7-11-5-4-6-15(11,8-18)13(20)21;/h9-11H,4-8H2,1-3H3,(H,20,21)(H2,16,17,19,22);1H/t10?,11-,15+;/m0./s1. The van der Waals surface area contributed by atoms with Crippen LogP contribution in [0.4, 0.5) is 4.79 Å². The molecule has 2 fully saturated rings. The number of carbonyl (C=O) groups excluding carboxylic acids is 2. The Bertz CT molecular complexity index is 485. The van der Waals surface area contributed by atoms with Crippen LogP contribution in [0.25, 0.3) is 0 Å². The fourth-order valence-electron chi connectivity index (χ4n) is 3.65. The summed E-state index contributed by atoms with van der Waals surface area (Å²) in [5, 5.41) is 14.5. The highest BCUT2D eigenvalue weighted by Crippen LogP contribution is 2.49. The predicted molar refractivity (Wildman–Crippen MR) is 87.5 cm³/mol. The number of hydrogen-bond acceptors (Lipinski definition) is 4. The van der Waals surface area contributed by atoms with Crippen molar-refractivity contribution in [3.63, 3.8) is 0 Å². The van der Waals surface area contributed by atoms with Crippen LogP contribution in [0.3, 0.4) is 0 Å².